The molecule has 0 radical (unpaired) electrons. The van der Waals surface area contributed by atoms with Gasteiger partial charge >= 0.3 is 11.9 Å². The number of rotatable bonds is 4. The minimum absolute atomic E-state index is 0.0563. The first kappa shape index (κ1) is 14.2. The van der Waals surface area contributed by atoms with Gasteiger partial charge in [-0.2, -0.15) is 13.2 Å². The maximum absolute atomic E-state index is 12.4. The van der Waals surface area contributed by atoms with Gasteiger partial charge in [0.05, 0.1) is 16.6 Å². The Hall–Kier alpha value is -1.90. The lowest BCUT2D eigenvalue weighted by molar-refractivity contribution is -0.384. The zero-order valence-electron chi connectivity index (χ0n) is 9.23. The maximum Gasteiger partial charge on any atom is 0.418 e. The van der Waals surface area contributed by atoms with E-state index in [4.69, 9.17) is 5.11 Å². The number of anilines is 1. The van der Waals surface area contributed by atoms with E-state index in [9.17, 15) is 23.3 Å². The van der Waals surface area contributed by atoms with Crippen LogP contribution in [-0.4, -0.2) is 27.7 Å². The summed E-state index contributed by atoms with van der Waals surface area (Å²) in [6.07, 6.45) is -5.01. The Kier molecular flexibility index (Phi) is 4.07. The summed E-state index contributed by atoms with van der Waals surface area (Å²) in [5.74, 6) is -0.311. The van der Waals surface area contributed by atoms with Crippen LogP contribution in [0.3, 0.4) is 0 Å². The molecule has 0 aromatic carbocycles. The molecular weight excluding hydrogens is 255 g/mol. The molecule has 0 saturated carbocycles. The average molecular weight is 265 g/mol. The van der Waals surface area contributed by atoms with Gasteiger partial charge in [-0.25, -0.2) is 4.98 Å². The second-order valence-corrected chi connectivity index (χ2v) is 3.58. The van der Waals surface area contributed by atoms with Gasteiger partial charge in [0.25, 0.3) is 0 Å². The monoisotopic (exact) mass is 265 g/mol. The summed E-state index contributed by atoms with van der Waals surface area (Å²) in [4.78, 5) is 13.0. The molecule has 0 spiro atoms. The van der Waals surface area contributed by atoms with Gasteiger partial charge in [0.1, 0.15) is 0 Å². The Morgan fingerprint density at radius 2 is 2.22 bits per heavy atom. The molecule has 6 nitrogen and oxygen atoms in total. The molecular formula is C9H10F3N3O3. The molecule has 1 aromatic heterocycles. The van der Waals surface area contributed by atoms with Crippen molar-refractivity contribution in [2.75, 3.05) is 11.9 Å². The number of nitrogens with zero attached hydrogens (tertiary/aromatic N) is 2. The highest BCUT2D eigenvalue weighted by Gasteiger charge is 2.33. The SMILES string of the molecule is C[C@@H](O)CNc1ncc(C(F)(F)F)cc1[N+](=O)[O-]. The second-order valence-electron chi connectivity index (χ2n) is 3.58. The van der Waals surface area contributed by atoms with E-state index in [0.29, 0.717) is 12.3 Å². The lowest BCUT2D eigenvalue weighted by Crippen LogP contribution is -2.17. The highest BCUT2D eigenvalue weighted by Crippen LogP contribution is 2.33. The fourth-order valence-corrected chi connectivity index (χ4v) is 1.13. The molecule has 9 heteroatoms. The maximum atomic E-state index is 12.4. The molecule has 0 aliphatic heterocycles. The van der Waals surface area contributed by atoms with E-state index in [1.54, 1.807) is 0 Å². The molecule has 0 aliphatic rings. The van der Waals surface area contributed by atoms with E-state index < -0.39 is 28.5 Å². The van der Waals surface area contributed by atoms with Gasteiger partial charge in [0.15, 0.2) is 0 Å². The molecule has 0 saturated heterocycles. The van der Waals surface area contributed by atoms with E-state index in [2.05, 4.69) is 10.3 Å². The number of alkyl halides is 3. The summed E-state index contributed by atoms with van der Waals surface area (Å²) in [6, 6.07) is 0.400. The molecule has 0 fully saturated rings. The van der Waals surface area contributed by atoms with E-state index in [1.165, 1.54) is 6.92 Å². The molecule has 0 bridgehead atoms. The predicted molar refractivity (Wildman–Crippen MR) is 56.1 cm³/mol. The number of aromatic nitrogens is 1. The number of aliphatic hydroxyl groups excluding tert-OH is 1. The normalized spacial score (nSPS) is 13.2. The van der Waals surface area contributed by atoms with Crippen molar-refractivity contribution in [2.24, 2.45) is 0 Å². The van der Waals surface area contributed by atoms with Crippen LogP contribution < -0.4 is 5.32 Å². The lowest BCUT2D eigenvalue weighted by atomic mass is 10.2. The van der Waals surface area contributed by atoms with Crippen LogP contribution in [0.5, 0.6) is 0 Å². The number of hydrogen-bond donors (Lipinski definition) is 2. The van der Waals surface area contributed by atoms with Crippen molar-refractivity contribution in [3.05, 3.63) is 27.9 Å². The van der Waals surface area contributed by atoms with Gasteiger partial charge in [-0.3, -0.25) is 10.1 Å². The third-order valence-corrected chi connectivity index (χ3v) is 1.96. The van der Waals surface area contributed by atoms with Crippen molar-refractivity contribution in [3.63, 3.8) is 0 Å². The van der Waals surface area contributed by atoms with E-state index in [1.807, 2.05) is 0 Å². The lowest BCUT2D eigenvalue weighted by Gasteiger charge is -2.10. The predicted octanol–water partition coefficient (Wildman–Crippen LogP) is 1.80. The molecule has 1 atom stereocenters. The zero-order chi connectivity index (χ0) is 13.9. The molecule has 1 aromatic rings. The van der Waals surface area contributed by atoms with Gasteiger partial charge in [-0.1, -0.05) is 0 Å². The molecule has 0 unspecified atom stereocenters. The molecule has 18 heavy (non-hydrogen) atoms. The smallest absolute Gasteiger partial charge is 0.392 e. The Morgan fingerprint density at radius 1 is 1.61 bits per heavy atom. The summed E-state index contributed by atoms with van der Waals surface area (Å²) in [7, 11) is 0. The van der Waals surface area contributed by atoms with Crippen LogP contribution in [0.15, 0.2) is 12.3 Å². The highest BCUT2D eigenvalue weighted by molar-refractivity contribution is 5.57. The van der Waals surface area contributed by atoms with Gasteiger partial charge in [-0.15, -0.1) is 0 Å². The zero-order valence-corrected chi connectivity index (χ0v) is 9.23. The fraction of sp³-hybridized carbons (Fsp3) is 0.444. The Balaban J connectivity index is 3.09. The van der Waals surface area contributed by atoms with Gasteiger partial charge in [-0.05, 0) is 6.92 Å². The summed E-state index contributed by atoms with van der Waals surface area (Å²) in [5, 5.41) is 22.0. The summed E-state index contributed by atoms with van der Waals surface area (Å²) in [5.41, 5.74) is -1.98. The van der Waals surface area contributed by atoms with E-state index in [0.717, 1.165) is 0 Å². The summed E-state index contributed by atoms with van der Waals surface area (Å²) < 4.78 is 37.1. The van der Waals surface area contributed by atoms with Crippen LogP contribution in [0, 0.1) is 10.1 Å². The number of pyridine rings is 1. The minimum Gasteiger partial charge on any atom is -0.392 e. The molecule has 100 valence electrons. The third-order valence-electron chi connectivity index (χ3n) is 1.96. The van der Waals surface area contributed by atoms with Gasteiger partial charge in [0.2, 0.25) is 5.82 Å². The largest absolute Gasteiger partial charge is 0.418 e. The summed E-state index contributed by atoms with van der Waals surface area (Å²) in [6.45, 7) is 1.36. The van der Waals surface area contributed by atoms with E-state index >= 15 is 0 Å². The van der Waals surface area contributed by atoms with Gasteiger partial charge < -0.3 is 10.4 Å². The summed E-state index contributed by atoms with van der Waals surface area (Å²) >= 11 is 0. The molecule has 0 amide bonds. The topological polar surface area (TPSA) is 88.3 Å². The molecule has 1 rings (SSSR count). The highest BCUT2D eigenvalue weighted by atomic mass is 19.4. The van der Waals surface area contributed by atoms with E-state index in [-0.39, 0.29) is 12.4 Å². The van der Waals surface area contributed by atoms with Crippen LogP contribution in [0.2, 0.25) is 0 Å². The van der Waals surface area contributed by atoms with Crippen molar-refractivity contribution in [2.45, 2.75) is 19.2 Å². The standard InChI is InChI=1S/C9H10F3N3O3/c1-5(16)3-13-8-7(15(17)18)2-6(4-14-8)9(10,11)12/h2,4-5,16H,3H2,1H3,(H,13,14)/t5-/m1/s1. The fourth-order valence-electron chi connectivity index (χ4n) is 1.13. The first-order valence-electron chi connectivity index (χ1n) is 4.85. The Bertz CT molecular complexity index is 448. The van der Waals surface area contributed by atoms with Crippen LogP contribution in [0.25, 0.3) is 0 Å². The molecule has 0 aliphatic carbocycles. The van der Waals surface area contributed by atoms with Crippen LogP contribution in [0.4, 0.5) is 24.7 Å². The quantitative estimate of drug-likeness (QED) is 0.640. The van der Waals surface area contributed by atoms with Crippen molar-refractivity contribution < 1.29 is 23.2 Å². The number of hydrogen-bond acceptors (Lipinski definition) is 5. The second kappa shape index (κ2) is 5.17. The average Bonchev–Trinajstić information content (AvgIpc) is 2.24. The first-order valence-corrected chi connectivity index (χ1v) is 4.85. The van der Waals surface area contributed by atoms with Crippen LogP contribution in [0.1, 0.15) is 12.5 Å². The van der Waals surface area contributed by atoms with Crippen molar-refractivity contribution in [1.82, 2.24) is 4.98 Å². The molecule has 2 N–H and O–H groups in total. The van der Waals surface area contributed by atoms with Crippen molar-refractivity contribution in [3.8, 4) is 0 Å². The minimum atomic E-state index is -4.69. The number of aliphatic hydroxyl groups is 1. The first-order chi connectivity index (χ1) is 8.21. The Labute approximate surface area is 99.6 Å². The third kappa shape index (κ3) is 3.55. The van der Waals surface area contributed by atoms with Gasteiger partial charge in [0, 0.05) is 18.8 Å². The number of nitro groups is 1. The van der Waals surface area contributed by atoms with Crippen LogP contribution >= 0.6 is 0 Å². The van der Waals surface area contributed by atoms with Crippen molar-refractivity contribution >= 4 is 11.5 Å². The van der Waals surface area contributed by atoms with Crippen molar-refractivity contribution in [1.29, 1.82) is 0 Å². The molecule has 1 heterocycles. The van der Waals surface area contributed by atoms with Crippen LogP contribution in [-0.2, 0) is 6.18 Å². The number of nitrogens with one attached hydrogen (secondary N) is 1. The Morgan fingerprint density at radius 3 is 2.67 bits per heavy atom. The number of halogens is 3.